The molecule has 0 bridgehead atoms. The van der Waals surface area contributed by atoms with E-state index in [1.807, 2.05) is 36.4 Å². The number of carbonyl (C=O) groups excluding carboxylic acids is 2. The van der Waals surface area contributed by atoms with Gasteiger partial charge in [-0.25, -0.2) is 0 Å². The van der Waals surface area contributed by atoms with E-state index in [1.165, 1.54) is 16.7 Å². The highest BCUT2D eigenvalue weighted by Gasteiger charge is 2.38. The lowest BCUT2D eigenvalue weighted by Gasteiger charge is -2.31. The van der Waals surface area contributed by atoms with Gasteiger partial charge in [0, 0.05) is 39.0 Å². The molecule has 2 aliphatic rings. The first-order valence-electron chi connectivity index (χ1n) is 13.0. The number of rotatable bonds is 6. The molecule has 3 aromatic carbocycles. The lowest BCUT2D eigenvalue weighted by Crippen LogP contribution is -2.33. The van der Waals surface area contributed by atoms with Crippen molar-refractivity contribution in [3.05, 3.63) is 119 Å². The number of carbonyl (C=O) groups is 2. The van der Waals surface area contributed by atoms with E-state index in [-0.39, 0.29) is 17.5 Å². The van der Waals surface area contributed by atoms with Gasteiger partial charge in [-0.1, -0.05) is 98.8 Å². The molecule has 36 heavy (non-hydrogen) atoms. The normalized spacial score (nSPS) is 18.5. The summed E-state index contributed by atoms with van der Waals surface area (Å²) in [7, 11) is 0. The highest BCUT2D eigenvalue weighted by Crippen LogP contribution is 2.36. The van der Waals surface area contributed by atoms with Crippen molar-refractivity contribution in [1.82, 2.24) is 9.80 Å². The maximum atomic E-state index is 13.6. The molecule has 0 aromatic heterocycles. The number of allylic oxidation sites excluding steroid dienone is 1. The summed E-state index contributed by atoms with van der Waals surface area (Å²) in [5.74, 6) is 1.15. The monoisotopic (exact) mass is 478 g/mol. The highest BCUT2D eigenvalue weighted by molar-refractivity contribution is 6.22. The van der Waals surface area contributed by atoms with Crippen LogP contribution in [0.5, 0.6) is 0 Å². The first-order chi connectivity index (χ1) is 17.5. The summed E-state index contributed by atoms with van der Waals surface area (Å²) in [6.45, 7) is 7.30. The number of benzene rings is 3. The molecule has 3 aromatic rings. The molecular weight excluding hydrogens is 444 g/mol. The van der Waals surface area contributed by atoms with Crippen molar-refractivity contribution in [1.29, 1.82) is 0 Å². The van der Waals surface area contributed by atoms with Crippen LogP contribution in [-0.2, 0) is 22.7 Å². The van der Waals surface area contributed by atoms with Gasteiger partial charge in [-0.15, -0.1) is 0 Å². The minimum absolute atomic E-state index is 0.0304. The molecule has 0 atom stereocenters. The second kappa shape index (κ2) is 10.5. The Kier molecular flexibility index (Phi) is 7.04. The van der Waals surface area contributed by atoms with Gasteiger partial charge in [-0.2, -0.15) is 0 Å². The first kappa shape index (κ1) is 24.1. The van der Waals surface area contributed by atoms with E-state index >= 15 is 0 Å². The van der Waals surface area contributed by atoms with E-state index < -0.39 is 0 Å². The molecule has 0 radical (unpaired) electrons. The Morgan fingerprint density at radius 3 is 1.61 bits per heavy atom. The van der Waals surface area contributed by atoms with Crippen LogP contribution in [0.15, 0.2) is 96.3 Å². The molecule has 4 nitrogen and oxygen atoms in total. The van der Waals surface area contributed by atoms with Crippen LogP contribution in [0.3, 0.4) is 0 Å². The number of ketones is 2. The van der Waals surface area contributed by atoms with Gasteiger partial charge in [0.2, 0.25) is 0 Å². The first-order valence-corrected chi connectivity index (χ1v) is 13.0. The third kappa shape index (κ3) is 5.13. The summed E-state index contributed by atoms with van der Waals surface area (Å²) >= 11 is 0. The average Bonchev–Trinajstić information content (AvgIpc) is 3.26. The van der Waals surface area contributed by atoms with Gasteiger partial charge >= 0.3 is 0 Å². The van der Waals surface area contributed by atoms with Gasteiger partial charge in [-0.05, 0) is 34.1 Å². The lowest BCUT2D eigenvalue weighted by molar-refractivity contribution is -0.124. The van der Waals surface area contributed by atoms with Crippen molar-refractivity contribution in [2.75, 3.05) is 13.1 Å². The number of hydrogen-bond acceptors (Lipinski definition) is 4. The van der Waals surface area contributed by atoms with Crippen molar-refractivity contribution in [3.8, 4) is 0 Å². The molecule has 0 unspecified atom stereocenters. The smallest absolute Gasteiger partial charge is 0.170 e. The van der Waals surface area contributed by atoms with Gasteiger partial charge in [0.05, 0.1) is 0 Å². The molecule has 1 aliphatic heterocycles. The average molecular weight is 479 g/mol. The maximum Gasteiger partial charge on any atom is 0.170 e. The van der Waals surface area contributed by atoms with Crippen molar-refractivity contribution >= 4 is 11.6 Å². The fourth-order valence-electron chi connectivity index (χ4n) is 5.40. The number of hydrogen-bond donors (Lipinski definition) is 0. The number of nitrogens with zero attached hydrogens (tertiary/aromatic N) is 2. The molecule has 1 aliphatic carbocycles. The summed E-state index contributed by atoms with van der Waals surface area (Å²) in [5, 5.41) is 0. The zero-order valence-electron chi connectivity index (χ0n) is 21.2. The molecule has 0 amide bonds. The highest BCUT2D eigenvalue weighted by atomic mass is 16.2. The van der Waals surface area contributed by atoms with Crippen molar-refractivity contribution in [2.45, 2.75) is 51.6 Å². The van der Waals surface area contributed by atoms with Crippen LogP contribution >= 0.6 is 0 Å². The second-order valence-corrected chi connectivity index (χ2v) is 10.3. The van der Waals surface area contributed by atoms with E-state index in [0.29, 0.717) is 37.4 Å². The Hall–Kier alpha value is -3.66. The molecule has 5 rings (SSSR count). The van der Waals surface area contributed by atoms with E-state index in [1.54, 1.807) is 0 Å². The molecule has 4 heteroatoms. The summed E-state index contributed by atoms with van der Waals surface area (Å²) < 4.78 is 0. The van der Waals surface area contributed by atoms with Gasteiger partial charge in [0.25, 0.3) is 0 Å². The predicted octanol–water partition coefficient (Wildman–Crippen LogP) is 6.06. The third-order valence-corrected chi connectivity index (χ3v) is 7.39. The summed E-state index contributed by atoms with van der Waals surface area (Å²) in [6.07, 6.45) is 0.758. The largest absolute Gasteiger partial charge is 0.351 e. The molecular formula is C32H34N2O2. The quantitative estimate of drug-likeness (QED) is 0.319. The standard InChI is InChI=1S/C32H34N2O2/c1-23(2)26-13-15-27(16-14-26)28-19-29(35)31(30(36)20-28)32-33(21-24-9-5-3-6-10-24)17-18-34(32)22-25-11-7-4-8-12-25/h3-16,23,28H,17-22H2,1-2H3. The number of Topliss-reactive ketones (excluding diaryl/α,β-unsaturated/α-hetero) is 2. The van der Waals surface area contributed by atoms with Crippen molar-refractivity contribution in [2.24, 2.45) is 0 Å². The van der Waals surface area contributed by atoms with Crippen LogP contribution < -0.4 is 0 Å². The van der Waals surface area contributed by atoms with Crippen LogP contribution in [0.1, 0.15) is 60.8 Å². The van der Waals surface area contributed by atoms with Gasteiger partial charge < -0.3 is 9.80 Å². The Morgan fingerprint density at radius 2 is 1.17 bits per heavy atom. The molecule has 0 N–H and O–H groups in total. The fourth-order valence-corrected chi connectivity index (χ4v) is 5.40. The molecule has 0 spiro atoms. The zero-order chi connectivity index (χ0) is 25.1. The molecule has 1 heterocycles. The van der Waals surface area contributed by atoms with E-state index in [4.69, 9.17) is 0 Å². The lowest BCUT2D eigenvalue weighted by atomic mass is 9.79. The zero-order valence-corrected chi connectivity index (χ0v) is 21.2. The van der Waals surface area contributed by atoms with Gasteiger partial charge in [0.1, 0.15) is 11.4 Å². The minimum atomic E-state index is -0.0536. The Balaban J connectivity index is 1.45. The predicted molar refractivity (Wildman–Crippen MR) is 143 cm³/mol. The summed E-state index contributed by atoms with van der Waals surface area (Å²) in [5.41, 5.74) is 5.11. The second-order valence-electron chi connectivity index (χ2n) is 10.3. The minimum Gasteiger partial charge on any atom is -0.351 e. The molecule has 2 fully saturated rings. The SMILES string of the molecule is CC(C)c1ccc(C2CC(=O)C(=C3N(Cc4ccccc4)CCN3Cc3ccccc3)C(=O)C2)cc1. The van der Waals surface area contributed by atoms with Crippen LogP contribution in [0.25, 0.3) is 0 Å². The molecule has 1 saturated carbocycles. The van der Waals surface area contributed by atoms with E-state index in [0.717, 1.165) is 24.5 Å². The van der Waals surface area contributed by atoms with Crippen molar-refractivity contribution < 1.29 is 9.59 Å². The van der Waals surface area contributed by atoms with Gasteiger partial charge in [-0.3, -0.25) is 9.59 Å². The topological polar surface area (TPSA) is 40.6 Å². The summed E-state index contributed by atoms with van der Waals surface area (Å²) in [6, 6.07) is 29.0. The van der Waals surface area contributed by atoms with Gasteiger partial charge in [0.15, 0.2) is 11.6 Å². The van der Waals surface area contributed by atoms with Crippen molar-refractivity contribution in [3.63, 3.8) is 0 Å². The maximum absolute atomic E-state index is 13.6. The van der Waals surface area contributed by atoms with E-state index in [2.05, 4.69) is 72.2 Å². The Bertz CT molecular complexity index is 1170. The molecule has 1 saturated heterocycles. The molecule has 184 valence electrons. The van der Waals surface area contributed by atoms with Crippen LogP contribution in [0.2, 0.25) is 0 Å². The van der Waals surface area contributed by atoms with Crippen LogP contribution in [-0.4, -0.2) is 34.5 Å². The fraction of sp³-hybridized carbons (Fsp3) is 0.312. The summed E-state index contributed by atoms with van der Waals surface area (Å²) in [4.78, 5) is 31.7. The Labute approximate surface area is 214 Å². The third-order valence-electron chi connectivity index (χ3n) is 7.39. The Morgan fingerprint density at radius 1 is 0.694 bits per heavy atom. The van der Waals surface area contributed by atoms with Crippen LogP contribution in [0, 0.1) is 0 Å². The van der Waals surface area contributed by atoms with Crippen LogP contribution in [0.4, 0.5) is 0 Å². The van der Waals surface area contributed by atoms with E-state index in [9.17, 15) is 9.59 Å².